The van der Waals surface area contributed by atoms with Crippen LogP contribution in [0.4, 0.5) is 4.39 Å². The van der Waals surface area contributed by atoms with Crippen LogP contribution in [0, 0.1) is 5.82 Å². The second-order valence-electron chi connectivity index (χ2n) is 3.12. The first-order chi connectivity index (χ1) is 7.50. The van der Waals surface area contributed by atoms with Crippen LogP contribution in [0.5, 0.6) is 0 Å². The van der Waals surface area contributed by atoms with Crippen LogP contribution in [0.3, 0.4) is 0 Å². The molecule has 0 heterocycles. The molecule has 0 aliphatic rings. The minimum Gasteiger partial charge on any atom is -0.353 e. The van der Waals surface area contributed by atoms with E-state index in [1.165, 1.54) is 13.0 Å². The molecule has 1 aromatic rings. The Labute approximate surface area is 107 Å². The van der Waals surface area contributed by atoms with Gasteiger partial charge in [0.05, 0.1) is 0 Å². The summed E-state index contributed by atoms with van der Waals surface area (Å²) in [5, 5.41) is 2.91. The zero-order valence-corrected chi connectivity index (χ0v) is 10.9. The molecular formula is C11H10BrClFNO. The fraction of sp³-hybridized carbons (Fsp3) is 0.182. The van der Waals surface area contributed by atoms with Gasteiger partial charge in [-0.1, -0.05) is 39.7 Å². The molecule has 1 amide bonds. The molecule has 0 aliphatic carbocycles. The third kappa shape index (κ3) is 3.94. The predicted molar refractivity (Wildman–Crippen MR) is 66.8 cm³/mol. The summed E-state index contributed by atoms with van der Waals surface area (Å²) < 4.78 is 14.0. The van der Waals surface area contributed by atoms with Crippen LogP contribution < -0.4 is 5.32 Å². The van der Waals surface area contributed by atoms with Gasteiger partial charge in [-0.2, -0.15) is 0 Å². The van der Waals surface area contributed by atoms with Crippen molar-refractivity contribution in [1.29, 1.82) is 0 Å². The Morgan fingerprint density at radius 2 is 2.31 bits per heavy atom. The van der Waals surface area contributed by atoms with Crippen molar-refractivity contribution in [3.05, 3.63) is 39.1 Å². The standard InChI is InChI=1S/C11H10BrClFNO/c1-7(16)15-4-2-3-9-10(12)5-8(13)6-11(9)14/h2-3,5-6H,4H2,1H3,(H,15,16). The van der Waals surface area contributed by atoms with Crippen LogP contribution in [-0.4, -0.2) is 12.5 Å². The summed E-state index contributed by atoms with van der Waals surface area (Å²) in [6, 6.07) is 2.85. The van der Waals surface area contributed by atoms with Crippen molar-refractivity contribution in [3.63, 3.8) is 0 Å². The Bertz CT molecular complexity index is 411. The Morgan fingerprint density at radius 1 is 1.62 bits per heavy atom. The van der Waals surface area contributed by atoms with Crippen LogP contribution >= 0.6 is 27.5 Å². The SMILES string of the molecule is CC(=O)NCC=Cc1c(F)cc(Cl)cc1Br. The van der Waals surface area contributed by atoms with Gasteiger partial charge < -0.3 is 5.32 Å². The molecule has 0 radical (unpaired) electrons. The van der Waals surface area contributed by atoms with Gasteiger partial charge in [0.15, 0.2) is 0 Å². The van der Waals surface area contributed by atoms with E-state index in [-0.39, 0.29) is 5.91 Å². The van der Waals surface area contributed by atoms with Gasteiger partial charge >= 0.3 is 0 Å². The van der Waals surface area contributed by atoms with Gasteiger partial charge in [0.2, 0.25) is 5.91 Å². The number of rotatable bonds is 3. The molecule has 86 valence electrons. The highest BCUT2D eigenvalue weighted by Gasteiger charge is 2.05. The van der Waals surface area contributed by atoms with Crippen LogP contribution in [0.2, 0.25) is 5.02 Å². The van der Waals surface area contributed by atoms with Gasteiger partial charge in [0.25, 0.3) is 0 Å². The van der Waals surface area contributed by atoms with E-state index >= 15 is 0 Å². The van der Waals surface area contributed by atoms with E-state index in [1.54, 1.807) is 18.2 Å². The number of hydrogen-bond acceptors (Lipinski definition) is 1. The number of benzene rings is 1. The zero-order chi connectivity index (χ0) is 12.1. The predicted octanol–water partition coefficient (Wildman–Crippen LogP) is 3.39. The van der Waals surface area contributed by atoms with Crippen molar-refractivity contribution in [3.8, 4) is 0 Å². The Balaban J connectivity index is 2.77. The van der Waals surface area contributed by atoms with Gasteiger partial charge in [0, 0.05) is 28.5 Å². The van der Waals surface area contributed by atoms with Gasteiger partial charge in [0.1, 0.15) is 5.82 Å². The summed E-state index contributed by atoms with van der Waals surface area (Å²) in [6.07, 6.45) is 3.25. The fourth-order valence-corrected chi connectivity index (χ4v) is 2.00. The third-order valence-corrected chi connectivity index (χ3v) is 2.67. The highest BCUT2D eigenvalue weighted by molar-refractivity contribution is 9.10. The Hall–Kier alpha value is -0.870. The Morgan fingerprint density at radius 3 is 2.88 bits per heavy atom. The molecule has 1 rings (SSSR count). The molecule has 16 heavy (non-hydrogen) atoms. The van der Waals surface area contributed by atoms with Crippen molar-refractivity contribution in [2.45, 2.75) is 6.92 Å². The maximum Gasteiger partial charge on any atom is 0.217 e. The van der Waals surface area contributed by atoms with Gasteiger partial charge in [-0.25, -0.2) is 4.39 Å². The molecule has 0 saturated carbocycles. The van der Waals surface area contributed by atoms with Crippen molar-refractivity contribution < 1.29 is 9.18 Å². The summed E-state index contributed by atoms with van der Waals surface area (Å²) in [6.45, 7) is 1.79. The van der Waals surface area contributed by atoms with Crippen molar-refractivity contribution in [2.75, 3.05) is 6.54 Å². The van der Waals surface area contributed by atoms with Crippen molar-refractivity contribution in [1.82, 2.24) is 5.32 Å². The number of carbonyl (C=O) groups excluding carboxylic acids is 1. The zero-order valence-electron chi connectivity index (χ0n) is 8.56. The first-order valence-corrected chi connectivity index (χ1v) is 5.73. The highest BCUT2D eigenvalue weighted by atomic mass is 79.9. The quantitative estimate of drug-likeness (QED) is 0.911. The molecule has 0 aliphatic heterocycles. The van der Waals surface area contributed by atoms with E-state index in [4.69, 9.17) is 11.6 Å². The number of hydrogen-bond donors (Lipinski definition) is 1. The van der Waals surface area contributed by atoms with Crippen LogP contribution in [0.15, 0.2) is 22.7 Å². The van der Waals surface area contributed by atoms with Crippen molar-refractivity contribution >= 4 is 39.5 Å². The maximum atomic E-state index is 13.4. The summed E-state index contributed by atoms with van der Waals surface area (Å²) in [5.41, 5.74) is 0.412. The van der Waals surface area contributed by atoms with Crippen LogP contribution in [0.1, 0.15) is 12.5 Å². The van der Waals surface area contributed by atoms with Crippen LogP contribution in [0.25, 0.3) is 6.08 Å². The molecule has 0 aromatic heterocycles. The molecule has 0 atom stereocenters. The summed E-state index contributed by atoms with van der Waals surface area (Å²) in [7, 11) is 0. The van der Waals surface area contributed by atoms with E-state index in [9.17, 15) is 9.18 Å². The molecule has 0 saturated heterocycles. The molecule has 0 unspecified atom stereocenters. The van der Waals surface area contributed by atoms with E-state index in [0.29, 0.717) is 21.6 Å². The topological polar surface area (TPSA) is 29.1 Å². The number of halogens is 3. The fourth-order valence-electron chi connectivity index (χ4n) is 1.09. The minimum atomic E-state index is -0.404. The molecule has 1 aromatic carbocycles. The molecule has 1 N–H and O–H groups in total. The normalized spacial score (nSPS) is 10.8. The largest absolute Gasteiger partial charge is 0.353 e. The second kappa shape index (κ2) is 6.01. The highest BCUT2D eigenvalue weighted by Crippen LogP contribution is 2.25. The van der Waals surface area contributed by atoms with E-state index in [1.807, 2.05) is 0 Å². The molecule has 2 nitrogen and oxygen atoms in total. The van der Waals surface area contributed by atoms with E-state index < -0.39 is 5.82 Å². The van der Waals surface area contributed by atoms with E-state index in [2.05, 4.69) is 21.2 Å². The molecule has 5 heteroatoms. The minimum absolute atomic E-state index is 0.125. The van der Waals surface area contributed by atoms with Crippen molar-refractivity contribution in [2.24, 2.45) is 0 Å². The third-order valence-electron chi connectivity index (χ3n) is 1.80. The smallest absolute Gasteiger partial charge is 0.217 e. The van der Waals surface area contributed by atoms with Gasteiger partial charge in [-0.05, 0) is 12.1 Å². The summed E-state index contributed by atoms with van der Waals surface area (Å²) in [4.78, 5) is 10.6. The lowest BCUT2D eigenvalue weighted by Crippen LogP contribution is -2.19. The molecular weight excluding hydrogens is 296 g/mol. The van der Waals surface area contributed by atoms with E-state index in [0.717, 1.165) is 0 Å². The van der Waals surface area contributed by atoms with Gasteiger partial charge in [-0.3, -0.25) is 4.79 Å². The van der Waals surface area contributed by atoms with Gasteiger partial charge in [-0.15, -0.1) is 0 Å². The number of amides is 1. The molecule has 0 spiro atoms. The summed E-state index contributed by atoms with van der Waals surface area (Å²) >= 11 is 8.89. The van der Waals surface area contributed by atoms with Crippen LogP contribution in [-0.2, 0) is 4.79 Å². The first-order valence-electron chi connectivity index (χ1n) is 4.56. The number of carbonyl (C=O) groups is 1. The second-order valence-corrected chi connectivity index (χ2v) is 4.41. The lowest BCUT2D eigenvalue weighted by molar-refractivity contribution is -0.118. The lowest BCUT2D eigenvalue weighted by atomic mass is 10.2. The summed E-state index contributed by atoms with van der Waals surface area (Å²) in [5.74, 6) is -0.529. The number of nitrogens with one attached hydrogen (secondary N) is 1. The first kappa shape index (κ1) is 13.2. The maximum absolute atomic E-state index is 13.4. The average molecular weight is 307 g/mol. The Kier molecular flexibility index (Phi) is 4.96. The lowest BCUT2D eigenvalue weighted by Gasteiger charge is -2.02. The monoisotopic (exact) mass is 305 g/mol. The molecule has 0 bridgehead atoms. The average Bonchev–Trinajstić information content (AvgIpc) is 2.14. The molecule has 0 fully saturated rings.